The predicted octanol–water partition coefficient (Wildman–Crippen LogP) is 2.15. The number of aryl methyl sites for hydroxylation is 1. The zero-order valence-corrected chi connectivity index (χ0v) is 12.6. The molecule has 6 heteroatoms. The van der Waals surface area contributed by atoms with Gasteiger partial charge in [0.1, 0.15) is 0 Å². The lowest BCUT2D eigenvalue weighted by atomic mass is 10.1. The number of unbranched alkanes of at least 4 members (excludes halogenated alkanes) is 1. The minimum absolute atomic E-state index is 0.000884. The number of ether oxygens (including phenoxy) is 1. The van der Waals surface area contributed by atoms with Crippen LogP contribution in [0, 0.1) is 0 Å². The van der Waals surface area contributed by atoms with Crippen molar-refractivity contribution in [2.24, 2.45) is 0 Å². The Labute approximate surface area is 119 Å². The number of methoxy groups -OCH3 is 1. The van der Waals surface area contributed by atoms with Crippen molar-refractivity contribution in [3.63, 3.8) is 0 Å². The minimum Gasteiger partial charge on any atom is -0.478 e. The molecule has 0 saturated heterocycles. The number of carboxylic acids is 1. The molecule has 0 aromatic heterocycles. The summed E-state index contributed by atoms with van der Waals surface area (Å²) in [5.74, 6) is -1.10. The van der Waals surface area contributed by atoms with Gasteiger partial charge in [0.25, 0.3) is 0 Å². The molecule has 5 nitrogen and oxygen atoms in total. The van der Waals surface area contributed by atoms with E-state index in [0.29, 0.717) is 31.4 Å². The number of carbonyl (C=O) groups is 1. The standard InChI is InChI=1S/C14H20O5S/c1-3-11-6-7-12(10-13(11)14(15)16)20(17,18)9-5-4-8-19-2/h6-7,10H,3-5,8-9H2,1-2H3,(H,15,16). The molecule has 0 heterocycles. The lowest BCUT2D eigenvalue weighted by Gasteiger charge is -2.08. The summed E-state index contributed by atoms with van der Waals surface area (Å²) in [6, 6.07) is 4.31. The largest absolute Gasteiger partial charge is 0.478 e. The second-order valence-corrected chi connectivity index (χ2v) is 6.61. The maximum absolute atomic E-state index is 12.1. The highest BCUT2D eigenvalue weighted by molar-refractivity contribution is 7.91. The van der Waals surface area contributed by atoms with Crippen LogP contribution in [0.3, 0.4) is 0 Å². The van der Waals surface area contributed by atoms with Gasteiger partial charge >= 0.3 is 5.97 Å². The van der Waals surface area contributed by atoms with Gasteiger partial charge in [0.2, 0.25) is 0 Å². The minimum atomic E-state index is -3.44. The number of sulfone groups is 1. The molecule has 0 aliphatic carbocycles. The van der Waals surface area contributed by atoms with E-state index in [9.17, 15) is 13.2 Å². The molecule has 0 aliphatic rings. The van der Waals surface area contributed by atoms with Crippen molar-refractivity contribution in [3.8, 4) is 0 Å². The van der Waals surface area contributed by atoms with E-state index in [-0.39, 0.29) is 16.2 Å². The van der Waals surface area contributed by atoms with E-state index in [1.807, 2.05) is 6.92 Å². The summed E-state index contributed by atoms with van der Waals surface area (Å²) >= 11 is 0. The Bertz CT molecular complexity index is 563. The van der Waals surface area contributed by atoms with Crippen molar-refractivity contribution in [1.82, 2.24) is 0 Å². The quantitative estimate of drug-likeness (QED) is 0.744. The van der Waals surface area contributed by atoms with E-state index in [1.165, 1.54) is 12.1 Å². The van der Waals surface area contributed by atoms with Crippen LogP contribution < -0.4 is 0 Å². The Balaban J connectivity index is 2.95. The second-order valence-electron chi connectivity index (χ2n) is 4.50. The molecular formula is C14H20O5S. The SMILES string of the molecule is CCc1ccc(S(=O)(=O)CCCCOC)cc1C(=O)O. The summed E-state index contributed by atoms with van der Waals surface area (Å²) in [5, 5.41) is 9.12. The number of hydrogen-bond donors (Lipinski definition) is 1. The van der Waals surface area contributed by atoms with E-state index in [2.05, 4.69) is 0 Å². The van der Waals surface area contributed by atoms with E-state index < -0.39 is 15.8 Å². The lowest BCUT2D eigenvalue weighted by molar-refractivity contribution is 0.0695. The first-order valence-electron chi connectivity index (χ1n) is 6.50. The Morgan fingerprint density at radius 3 is 2.55 bits per heavy atom. The number of aromatic carboxylic acids is 1. The third kappa shape index (κ3) is 4.31. The fraction of sp³-hybridized carbons (Fsp3) is 0.500. The summed E-state index contributed by atoms with van der Waals surface area (Å²) in [5.41, 5.74) is 0.696. The Morgan fingerprint density at radius 1 is 1.30 bits per heavy atom. The van der Waals surface area contributed by atoms with Gasteiger partial charge in [0.15, 0.2) is 9.84 Å². The van der Waals surface area contributed by atoms with Gasteiger partial charge in [-0.05, 0) is 37.0 Å². The van der Waals surface area contributed by atoms with E-state index in [0.717, 1.165) is 0 Å². The first kappa shape index (κ1) is 16.7. The third-order valence-electron chi connectivity index (χ3n) is 3.06. The predicted molar refractivity (Wildman–Crippen MR) is 75.9 cm³/mol. The molecule has 1 rings (SSSR count). The van der Waals surface area contributed by atoms with Crippen molar-refractivity contribution in [1.29, 1.82) is 0 Å². The molecule has 0 radical (unpaired) electrons. The Hall–Kier alpha value is -1.40. The summed E-state index contributed by atoms with van der Waals surface area (Å²) < 4.78 is 29.1. The maximum atomic E-state index is 12.1. The number of benzene rings is 1. The van der Waals surface area contributed by atoms with Gasteiger partial charge in [-0.3, -0.25) is 0 Å². The van der Waals surface area contributed by atoms with Crippen LogP contribution >= 0.6 is 0 Å². The van der Waals surface area contributed by atoms with Gasteiger partial charge in [0.05, 0.1) is 16.2 Å². The van der Waals surface area contributed by atoms with Crippen LogP contribution in [0.2, 0.25) is 0 Å². The van der Waals surface area contributed by atoms with Crippen LogP contribution in [0.15, 0.2) is 23.1 Å². The third-order valence-corrected chi connectivity index (χ3v) is 4.86. The molecular weight excluding hydrogens is 280 g/mol. The molecule has 0 aliphatic heterocycles. The molecule has 112 valence electrons. The highest BCUT2D eigenvalue weighted by Crippen LogP contribution is 2.19. The Morgan fingerprint density at radius 2 is 2.00 bits per heavy atom. The molecule has 0 atom stereocenters. The summed E-state index contributed by atoms with van der Waals surface area (Å²) in [4.78, 5) is 11.2. The normalized spacial score (nSPS) is 11.5. The number of hydrogen-bond acceptors (Lipinski definition) is 4. The molecule has 1 aromatic carbocycles. The van der Waals surface area contributed by atoms with Crippen LogP contribution in [0.25, 0.3) is 0 Å². The van der Waals surface area contributed by atoms with Gasteiger partial charge in [0, 0.05) is 13.7 Å². The fourth-order valence-electron chi connectivity index (χ4n) is 1.91. The molecule has 1 N–H and O–H groups in total. The van der Waals surface area contributed by atoms with Crippen LogP contribution in [0.1, 0.15) is 35.7 Å². The van der Waals surface area contributed by atoms with Gasteiger partial charge in [-0.25, -0.2) is 13.2 Å². The van der Waals surface area contributed by atoms with Crippen molar-refractivity contribution in [3.05, 3.63) is 29.3 Å². The van der Waals surface area contributed by atoms with E-state index >= 15 is 0 Å². The number of carboxylic acid groups (broad SMARTS) is 1. The van der Waals surface area contributed by atoms with Crippen LogP contribution in [-0.2, 0) is 21.0 Å². The van der Waals surface area contributed by atoms with Gasteiger partial charge in [-0.1, -0.05) is 13.0 Å². The van der Waals surface area contributed by atoms with Crippen molar-refractivity contribution >= 4 is 15.8 Å². The molecule has 0 unspecified atom stereocenters. The highest BCUT2D eigenvalue weighted by Gasteiger charge is 2.18. The van der Waals surface area contributed by atoms with Crippen molar-refractivity contribution in [2.75, 3.05) is 19.5 Å². The summed E-state index contributed by atoms with van der Waals surface area (Å²) in [6.45, 7) is 2.35. The molecule has 0 bridgehead atoms. The molecule has 0 amide bonds. The van der Waals surface area contributed by atoms with E-state index in [4.69, 9.17) is 9.84 Å². The zero-order chi connectivity index (χ0) is 15.2. The molecule has 20 heavy (non-hydrogen) atoms. The van der Waals surface area contributed by atoms with Gasteiger partial charge in [-0.15, -0.1) is 0 Å². The lowest BCUT2D eigenvalue weighted by Crippen LogP contribution is -2.10. The summed E-state index contributed by atoms with van der Waals surface area (Å²) in [7, 11) is -1.87. The molecule has 0 saturated carbocycles. The zero-order valence-electron chi connectivity index (χ0n) is 11.8. The van der Waals surface area contributed by atoms with Gasteiger partial charge < -0.3 is 9.84 Å². The first-order chi connectivity index (χ1) is 9.42. The first-order valence-corrected chi connectivity index (χ1v) is 8.15. The second kappa shape index (κ2) is 7.40. The Kier molecular flexibility index (Phi) is 6.16. The average molecular weight is 300 g/mol. The highest BCUT2D eigenvalue weighted by atomic mass is 32.2. The maximum Gasteiger partial charge on any atom is 0.336 e. The van der Waals surface area contributed by atoms with Crippen LogP contribution in [0.5, 0.6) is 0 Å². The van der Waals surface area contributed by atoms with Crippen molar-refractivity contribution < 1.29 is 23.1 Å². The smallest absolute Gasteiger partial charge is 0.336 e. The fourth-order valence-corrected chi connectivity index (χ4v) is 3.31. The van der Waals surface area contributed by atoms with E-state index in [1.54, 1.807) is 13.2 Å². The van der Waals surface area contributed by atoms with Gasteiger partial charge in [-0.2, -0.15) is 0 Å². The van der Waals surface area contributed by atoms with Crippen LogP contribution in [0.4, 0.5) is 0 Å². The van der Waals surface area contributed by atoms with Crippen LogP contribution in [-0.4, -0.2) is 39.0 Å². The molecule has 0 spiro atoms. The topological polar surface area (TPSA) is 80.7 Å². The number of rotatable bonds is 8. The average Bonchev–Trinajstić information content (AvgIpc) is 2.42. The van der Waals surface area contributed by atoms with Crippen molar-refractivity contribution in [2.45, 2.75) is 31.1 Å². The molecule has 0 fully saturated rings. The summed E-state index contributed by atoms with van der Waals surface area (Å²) in [6.07, 6.45) is 1.71. The molecule has 1 aromatic rings. The monoisotopic (exact) mass is 300 g/mol.